The van der Waals surface area contributed by atoms with Crippen LogP contribution in [-0.2, 0) is 4.79 Å². The van der Waals surface area contributed by atoms with Crippen molar-refractivity contribution < 1.29 is 9.53 Å². The smallest absolute Gasteiger partial charge is 0.229 e. The van der Waals surface area contributed by atoms with Crippen molar-refractivity contribution in [2.75, 3.05) is 44.9 Å². The molecular formula is C22H27N3O2S2. The quantitative estimate of drug-likeness (QED) is 0.462. The number of thiazole rings is 1. The average molecular weight is 430 g/mol. The first-order chi connectivity index (χ1) is 14.0. The van der Waals surface area contributed by atoms with Crippen LogP contribution in [0.15, 0.2) is 47.4 Å². The van der Waals surface area contributed by atoms with Gasteiger partial charge in [0.15, 0.2) is 5.13 Å². The molecule has 3 aromatic rings. The van der Waals surface area contributed by atoms with Crippen molar-refractivity contribution in [2.24, 2.45) is 0 Å². The minimum absolute atomic E-state index is 0.101. The molecule has 0 saturated carbocycles. The molecule has 0 bridgehead atoms. The Morgan fingerprint density at radius 2 is 1.90 bits per heavy atom. The standard InChI is InChI=1S/C22H27N3O2S2/c1-16-8-10-17(11-9-16)28-15-12-20(26)25(14-13-24(2)3)22-23-21-18(27-4)6-5-7-19(21)29-22/h5-11H,12-15H2,1-4H3. The molecule has 0 aliphatic rings. The number of aryl methyl sites for hydroxylation is 1. The number of benzene rings is 2. The van der Waals surface area contributed by atoms with Gasteiger partial charge in [0.2, 0.25) is 5.91 Å². The van der Waals surface area contributed by atoms with Crippen molar-refractivity contribution in [1.82, 2.24) is 9.88 Å². The third-order valence-corrected chi connectivity index (χ3v) is 6.56. The van der Waals surface area contributed by atoms with E-state index in [0.29, 0.717) is 13.0 Å². The second-order valence-corrected chi connectivity index (χ2v) is 9.24. The largest absolute Gasteiger partial charge is 0.494 e. The Labute approximate surface area is 180 Å². The predicted octanol–water partition coefficient (Wildman–Crippen LogP) is 4.69. The first kappa shape index (κ1) is 21.6. The third kappa shape index (κ3) is 5.72. The van der Waals surface area contributed by atoms with Crippen LogP contribution in [0.4, 0.5) is 5.13 Å². The summed E-state index contributed by atoms with van der Waals surface area (Å²) in [6.45, 7) is 3.47. The maximum absolute atomic E-state index is 13.1. The Morgan fingerprint density at radius 1 is 1.14 bits per heavy atom. The number of carbonyl (C=O) groups excluding carboxylic acids is 1. The van der Waals surface area contributed by atoms with Crippen LogP contribution in [-0.4, -0.2) is 55.8 Å². The molecule has 0 aliphatic heterocycles. The van der Waals surface area contributed by atoms with Crippen LogP contribution in [0, 0.1) is 6.92 Å². The van der Waals surface area contributed by atoms with E-state index in [0.717, 1.165) is 33.4 Å². The number of aromatic nitrogens is 1. The van der Waals surface area contributed by atoms with Crippen LogP contribution in [0.3, 0.4) is 0 Å². The molecule has 1 amide bonds. The second kappa shape index (κ2) is 10.1. The van der Waals surface area contributed by atoms with Crippen LogP contribution < -0.4 is 9.64 Å². The molecule has 2 aromatic carbocycles. The number of thioether (sulfide) groups is 1. The lowest BCUT2D eigenvalue weighted by molar-refractivity contribution is -0.118. The van der Waals surface area contributed by atoms with Gasteiger partial charge in [-0.25, -0.2) is 4.98 Å². The average Bonchev–Trinajstić information content (AvgIpc) is 3.13. The van der Waals surface area contributed by atoms with Gasteiger partial charge in [-0.05, 0) is 45.3 Å². The van der Waals surface area contributed by atoms with Crippen molar-refractivity contribution in [3.63, 3.8) is 0 Å². The number of carbonyl (C=O) groups is 1. The number of methoxy groups -OCH3 is 1. The number of nitrogens with zero attached hydrogens (tertiary/aromatic N) is 3. The molecule has 29 heavy (non-hydrogen) atoms. The number of anilines is 1. The van der Waals surface area contributed by atoms with E-state index >= 15 is 0 Å². The first-order valence-electron chi connectivity index (χ1n) is 9.56. The van der Waals surface area contributed by atoms with Crippen molar-refractivity contribution in [2.45, 2.75) is 18.2 Å². The van der Waals surface area contributed by atoms with Crippen LogP contribution >= 0.6 is 23.1 Å². The lowest BCUT2D eigenvalue weighted by Crippen LogP contribution is -2.36. The summed E-state index contributed by atoms with van der Waals surface area (Å²) in [6.07, 6.45) is 0.471. The predicted molar refractivity (Wildman–Crippen MR) is 124 cm³/mol. The molecule has 0 fully saturated rings. The SMILES string of the molecule is COc1cccc2sc(N(CCN(C)C)C(=O)CCSc3ccc(C)cc3)nc12. The zero-order valence-electron chi connectivity index (χ0n) is 17.3. The fourth-order valence-electron chi connectivity index (χ4n) is 2.84. The Morgan fingerprint density at radius 3 is 2.59 bits per heavy atom. The number of fused-ring (bicyclic) bond motifs is 1. The highest BCUT2D eigenvalue weighted by Gasteiger charge is 2.20. The Balaban J connectivity index is 1.73. The molecule has 0 radical (unpaired) electrons. The number of likely N-dealkylation sites (N-methyl/N-ethyl adjacent to an activating group) is 1. The topological polar surface area (TPSA) is 45.7 Å². The van der Waals surface area contributed by atoms with E-state index in [-0.39, 0.29) is 5.91 Å². The van der Waals surface area contributed by atoms with Gasteiger partial charge in [-0.3, -0.25) is 9.69 Å². The van der Waals surface area contributed by atoms with E-state index < -0.39 is 0 Å². The highest BCUT2D eigenvalue weighted by molar-refractivity contribution is 7.99. The Hall–Kier alpha value is -2.09. The van der Waals surface area contributed by atoms with E-state index in [9.17, 15) is 4.79 Å². The minimum atomic E-state index is 0.101. The monoisotopic (exact) mass is 429 g/mol. The summed E-state index contributed by atoms with van der Waals surface area (Å²) in [5, 5.41) is 0.733. The molecule has 0 unspecified atom stereocenters. The van der Waals surface area contributed by atoms with Crippen LogP contribution in [0.25, 0.3) is 10.2 Å². The molecule has 7 heteroatoms. The second-order valence-electron chi connectivity index (χ2n) is 7.06. The van der Waals surface area contributed by atoms with Gasteiger partial charge < -0.3 is 9.64 Å². The molecule has 0 aliphatic carbocycles. The van der Waals surface area contributed by atoms with Crippen LogP contribution in [0.1, 0.15) is 12.0 Å². The van der Waals surface area contributed by atoms with E-state index in [4.69, 9.17) is 9.72 Å². The Kier molecular flexibility index (Phi) is 7.52. The number of hydrogen-bond donors (Lipinski definition) is 0. The maximum Gasteiger partial charge on any atom is 0.229 e. The van der Waals surface area contributed by atoms with Gasteiger partial charge in [0.25, 0.3) is 0 Å². The number of ether oxygens (including phenoxy) is 1. The fraction of sp³-hybridized carbons (Fsp3) is 0.364. The highest BCUT2D eigenvalue weighted by atomic mass is 32.2. The molecule has 154 valence electrons. The summed E-state index contributed by atoms with van der Waals surface area (Å²) in [5.41, 5.74) is 2.05. The maximum atomic E-state index is 13.1. The van der Waals surface area contributed by atoms with E-state index in [1.54, 1.807) is 18.9 Å². The van der Waals surface area contributed by atoms with Gasteiger partial charge >= 0.3 is 0 Å². The molecule has 0 N–H and O–H groups in total. The molecule has 0 atom stereocenters. The molecule has 1 heterocycles. The number of para-hydroxylation sites is 1. The van der Waals surface area contributed by atoms with Crippen LogP contribution in [0.5, 0.6) is 5.75 Å². The van der Waals surface area contributed by atoms with Crippen LogP contribution in [0.2, 0.25) is 0 Å². The normalized spacial score (nSPS) is 11.2. The first-order valence-corrected chi connectivity index (χ1v) is 11.4. The van der Waals surface area contributed by atoms with Gasteiger partial charge in [0.1, 0.15) is 11.3 Å². The van der Waals surface area contributed by atoms with Crippen molar-refractivity contribution in [1.29, 1.82) is 0 Å². The summed E-state index contributed by atoms with van der Waals surface area (Å²) in [5.74, 6) is 1.58. The molecule has 0 saturated heterocycles. The summed E-state index contributed by atoms with van der Waals surface area (Å²) in [7, 11) is 5.67. The van der Waals surface area contributed by atoms with E-state index in [1.807, 2.05) is 37.2 Å². The summed E-state index contributed by atoms with van der Waals surface area (Å²) < 4.78 is 6.45. The Bertz CT molecular complexity index is 954. The summed E-state index contributed by atoms with van der Waals surface area (Å²) >= 11 is 3.25. The van der Waals surface area contributed by atoms with Gasteiger partial charge in [-0.2, -0.15) is 0 Å². The fourth-order valence-corrected chi connectivity index (χ4v) is 4.71. The summed E-state index contributed by atoms with van der Waals surface area (Å²) in [4.78, 5) is 22.9. The lowest BCUT2D eigenvalue weighted by atomic mass is 10.2. The van der Waals surface area contributed by atoms with Gasteiger partial charge in [-0.15, -0.1) is 11.8 Å². The highest BCUT2D eigenvalue weighted by Crippen LogP contribution is 2.34. The molecule has 0 spiro atoms. The minimum Gasteiger partial charge on any atom is -0.494 e. The van der Waals surface area contributed by atoms with Gasteiger partial charge in [-0.1, -0.05) is 35.1 Å². The zero-order chi connectivity index (χ0) is 20.8. The molecule has 5 nitrogen and oxygen atoms in total. The summed E-state index contributed by atoms with van der Waals surface area (Å²) in [6, 6.07) is 14.3. The van der Waals surface area contributed by atoms with Crippen molar-refractivity contribution in [3.05, 3.63) is 48.0 Å². The van der Waals surface area contributed by atoms with E-state index in [1.165, 1.54) is 21.8 Å². The van der Waals surface area contributed by atoms with Gasteiger partial charge in [0.05, 0.1) is 11.8 Å². The third-order valence-electron chi connectivity index (χ3n) is 4.50. The molecular weight excluding hydrogens is 402 g/mol. The van der Waals surface area contributed by atoms with Gasteiger partial charge in [0, 0.05) is 30.2 Å². The number of rotatable bonds is 9. The number of amides is 1. The lowest BCUT2D eigenvalue weighted by Gasteiger charge is -2.22. The molecule has 3 rings (SSSR count). The van der Waals surface area contributed by atoms with Crippen molar-refractivity contribution in [3.8, 4) is 5.75 Å². The molecule has 1 aromatic heterocycles. The zero-order valence-corrected chi connectivity index (χ0v) is 19.0. The van der Waals surface area contributed by atoms with E-state index in [2.05, 4.69) is 36.1 Å². The van der Waals surface area contributed by atoms with Crippen molar-refractivity contribution >= 4 is 44.4 Å². The number of hydrogen-bond acceptors (Lipinski definition) is 6.